The summed E-state index contributed by atoms with van der Waals surface area (Å²) in [6, 6.07) is 7.17. The van der Waals surface area contributed by atoms with E-state index in [-0.39, 0.29) is 5.41 Å². The van der Waals surface area contributed by atoms with Crippen LogP contribution in [-0.2, 0) is 10.2 Å². The number of likely N-dealkylation sites (tertiary alicyclic amines) is 1. The van der Waals surface area contributed by atoms with Gasteiger partial charge in [-0.15, -0.1) is 0 Å². The molecule has 172 valence electrons. The highest BCUT2D eigenvalue weighted by molar-refractivity contribution is 6.30. The van der Waals surface area contributed by atoms with Gasteiger partial charge in [0.1, 0.15) is 5.75 Å². The first-order valence-corrected chi connectivity index (χ1v) is 12.1. The molecule has 1 saturated carbocycles. The maximum atomic E-state index is 6.38. The minimum absolute atomic E-state index is 0.0995. The van der Waals surface area contributed by atoms with E-state index in [1.165, 1.54) is 38.6 Å². The zero-order valence-electron chi connectivity index (χ0n) is 19.0. The van der Waals surface area contributed by atoms with Crippen LogP contribution in [0, 0.1) is 0 Å². The fourth-order valence-electron chi connectivity index (χ4n) is 5.55. The molecule has 7 heteroatoms. The van der Waals surface area contributed by atoms with E-state index in [0.29, 0.717) is 6.04 Å². The van der Waals surface area contributed by atoms with Crippen LogP contribution in [0.4, 0.5) is 0 Å². The van der Waals surface area contributed by atoms with Gasteiger partial charge in [0.2, 0.25) is 0 Å². The van der Waals surface area contributed by atoms with E-state index in [1.807, 2.05) is 19.2 Å². The van der Waals surface area contributed by atoms with Crippen molar-refractivity contribution < 1.29 is 9.47 Å². The molecule has 1 aromatic carbocycles. The lowest BCUT2D eigenvalue weighted by Gasteiger charge is -2.39. The molecule has 0 spiro atoms. The molecule has 31 heavy (non-hydrogen) atoms. The third-order valence-corrected chi connectivity index (χ3v) is 7.64. The molecule has 0 bridgehead atoms. The van der Waals surface area contributed by atoms with Gasteiger partial charge < -0.3 is 20.1 Å². The van der Waals surface area contributed by atoms with Crippen molar-refractivity contribution in [1.29, 1.82) is 0 Å². The molecule has 0 aromatic heterocycles. The molecule has 4 rings (SSSR count). The number of aliphatic imine (C=N–C) groups is 1. The van der Waals surface area contributed by atoms with E-state index < -0.39 is 0 Å². The minimum atomic E-state index is -0.0995. The van der Waals surface area contributed by atoms with Crippen molar-refractivity contribution >= 4 is 17.6 Å². The second-order valence-corrected chi connectivity index (χ2v) is 9.66. The number of halogens is 1. The number of benzene rings is 1. The highest BCUT2D eigenvalue weighted by Crippen LogP contribution is 2.40. The number of hydrogen-bond acceptors (Lipinski definition) is 4. The Balaban J connectivity index is 1.41. The molecular weight excluding hydrogens is 412 g/mol. The van der Waals surface area contributed by atoms with Crippen molar-refractivity contribution in [1.82, 2.24) is 15.5 Å². The van der Waals surface area contributed by atoms with E-state index in [0.717, 1.165) is 67.5 Å². The minimum Gasteiger partial charge on any atom is -0.496 e. The van der Waals surface area contributed by atoms with Gasteiger partial charge in [-0.25, -0.2) is 0 Å². The third kappa shape index (κ3) is 5.29. The number of rotatable bonds is 6. The molecule has 2 N–H and O–H groups in total. The second kappa shape index (κ2) is 10.4. The number of nitrogens with one attached hydrogen (secondary N) is 2. The van der Waals surface area contributed by atoms with Crippen LogP contribution in [-0.4, -0.2) is 69.9 Å². The number of hydrogen-bond donors (Lipinski definition) is 2. The van der Waals surface area contributed by atoms with Gasteiger partial charge in [-0.1, -0.05) is 24.4 Å². The monoisotopic (exact) mass is 448 g/mol. The van der Waals surface area contributed by atoms with Crippen molar-refractivity contribution in [3.63, 3.8) is 0 Å². The number of guanidine groups is 1. The predicted molar refractivity (Wildman–Crippen MR) is 126 cm³/mol. The first-order valence-electron chi connectivity index (χ1n) is 11.8. The Kier molecular flexibility index (Phi) is 7.62. The average molecular weight is 449 g/mol. The summed E-state index contributed by atoms with van der Waals surface area (Å²) in [5.41, 5.74) is 1.06. The molecule has 3 aliphatic rings. The van der Waals surface area contributed by atoms with Crippen LogP contribution in [0.15, 0.2) is 23.2 Å². The number of nitrogens with zero attached hydrogens (tertiary/aromatic N) is 2. The van der Waals surface area contributed by atoms with Crippen molar-refractivity contribution in [3.05, 3.63) is 28.8 Å². The fourth-order valence-corrected chi connectivity index (χ4v) is 5.72. The molecule has 1 aliphatic carbocycles. The first kappa shape index (κ1) is 22.7. The molecule has 2 aliphatic heterocycles. The molecule has 2 saturated heterocycles. The Morgan fingerprint density at radius 2 is 2.03 bits per heavy atom. The molecule has 1 unspecified atom stereocenters. The van der Waals surface area contributed by atoms with Gasteiger partial charge in [0, 0.05) is 68.0 Å². The molecule has 6 nitrogen and oxygen atoms in total. The molecular formula is C24H37ClN4O2. The van der Waals surface area contributed by atoms with E-state index in [2.05, 4.69) is 26.6 Å². The van der Waals surface area contributed by atoms with Gasteiger partial charge in [0.15, 0.2) is 5.96 Å². The summed E-state index contributed by atoms with van der Waals surface area (Å²) in [5.74, 6) is 1.77. The number of methoxy groups -OCH3 is 1. The summed E-state index contributed by atoms with van der Waals surface area (Å²) in [7, 11) is 3.58. The average Bonchev–Trinajstić information content (AvgIpc) is 3.49. The largest absolute Gasteiger partial charge is 0.496 e. The molecule has 0 amide bonds. The maximum Gasteiger partial charge on any atom is 0.191 e. The maximum absolute atomic E-state index is 6.38. The van der Waals surface area contributed by atoms with Crippen LogP contribution >= 0.6 is 11.6 Å². The van der Waals surface area contributed by atoms with Crippen molar-refractivity contribution in [2.75, 3.05) is 47.0 Å². The quantitative estimate of drug-likeness (QED) is 0.514. The van der Waals surface area contributed by atoms with Crippen molar-refractivity contribution in [2.24, 2.45) is 4.99 Å². The smallest absolute Gasteiger partial charge is 0.191 e. The lowest BCUT2D eigenvalue weighted by atomic mass is 9.73. The molecule has 2 heterocycles. The van der Waals surface area contributed by atoms with Gasteiger partial charge in [-0.2, -0.15) is 0 Å². The van der Waals surface area contributed by atoms with Gasteiger partial charge in [-0.05, 0) is 50.3 Å². The Bertz CT molecular complexity index is 760. The van der Waals surface area contributed by atoms with Gasteiger partial charge in [-0.3, -0.25) is 9.89 Å². The second-order valence-electron chi connectivity index (χ2n) is 9.23. The summed E-state index contributed by atoms with van der Waals surface area (Å²) in [6.07, 6.45) is 8.54. The Morgan fingerprint density at radius 1 is 1.26 bits per heavy atom. The third-order valence-electron chi connectivity index (χ3n) is 7.40. The number of ether oxygens (including phenoxy) is 2. The summed E-state index contributed by atoms with van der Waals surface area (Å²) >= 11 is 6.38. The predicted octanol–water partition coefficient (Wildman–Crippen LogP) is 3.58. The van der Waals surface area contributed by atoms with Crippen LogP contribution in [0.25, 0.3) is 0 Å². The molecule has 3 fully saturated rings. The van der Waals surface area contributed by atoms with Crippen LogP contribution in [0.5, 0.6) is 5.75 Å². The van der Waals surface area contributed by atoms with Gasteiger partial charge >= 0.3 is 0 Å². The summed E-state index contributed by atoms with van der Waals surface area (Å²) in [5, 5.41) is 8.04. The van der Waals surface area contributed by atoms with E-state index in [4.69, 9.17) is 21.1 Å². The summed E-state index contributed by atoms with van der Waals surface area (Å²) in [6.45, 7) is 4.56. The highest BCUT2D eigenvalue weighted by Gasteiger charge is 2.37. The van der Waals surface area contributed by atoms with E-state index >= 15 is 0 Å². The Morgan fingerprint density at radius 3 is 2.74 bits per heavy atom. The van der Waals surface area contributed by atoms with Crippen molar-refractivity contribution in [3.8, 4) is 5.75 Å². The van der Waals surface area contributed by atoms with Gasteiger partial charge in [0.05, 0.1) is 7.11 Å². The summed E-state index contributed by atoms with van der Waals surface area (Å²) < 4.78 is 11.4. The summed E-state index contributed by atoms with van der Waals surface area (Å²) in [4.78, 5) is 7.21. The van der Waals surface area contributed by atoms with Gasteiger partial charge in [0.25, 0.3) is 0 Å². The lowest BCUT2D eigenvalue weighted by Crippen LogP contribution is -2.50. The first-order chi connectivity index (χ1) is 15.1. The lowest BCUT2D eigenvalue weighted by molar-refractivity contribution is 0.0505. The topological polar surface area (TPSA) is 58.1 Å². The SMILES string of the molecule is CN=C(NCC1(c2cc(Cl)ccc2OC)CCOCC1)NC1CCN(C2CCCC2)C1. The molecule has 1 aromatic rings. The fraction of sp³-hybridized carbons (Fsp3) is 0.708. The zero-order valence-corrected chi connectivity index (χ0v) is 19.7. The van der Waals surface area contributed by atoms with Crippen LogP contribution in [0.2, 0.25) is 5.02 Å². The normalized spacial score (nSPS) is 25.0. The van der Waals surface area contributed by atoms with Crippen LogP contribution in [0.1, 0.15) is 50.5 Å². The standard InChI is InChI=1S/C24H37ClN4O2/c1-26-23(28-19-9-12-29(16-19)20-5-3-4-6-20)27-17-24(10-13-31-14-11-24)21-15-18(25)7-8-22(21)30-2/h7-8,15,19-20H,3-6,9-14,16-17H2,1-2H3,(H2,26,27,28). The van der Waals surface area contributed by atoms with Crippen LogP contribution < -0.4 is 15.4 Å². The highest BCUT2D eigenvalue weighted by atomic mass is 35.5. The van der Waals surface area contributed by atoms with Crippen molar-refractivity contribution in [2.45, 2.75) is 62.4 Å². The zero-order chi connectivity index (χ0) is 21.7. The molecule has 0 radical (unpaired) electrons. The molecule has 1 atom stereocenters. The van der Waals surface area contributed by atoms with E-state index in [1.54, 1.807) is 7.11 Å². The van der Waals surface area contributed by atoms with Crippen LogP contribution in [0.3, 0.4) is 0 Å². The Labute approximate surface area is 191 Å². The Hall–Kier alpha value is -1.50. The van der Waals surface area contributed by atoms with E-state index in [9.17, 15) is 0 Å².